The molecule has 0 saturated carbocycles. The molecule has 0 atom stereocenters. The van der Waals surface area contributed by atoms with Crippen LogP contribution in [0.1, 0.15) is 5.56 Å². The predicted molar refractivity (Wildman–Crippen MR) is 90.9 cm³/mol. The normalized spacial score (nSPS) is 15.4. The van der Waals surface area contributed by atoms with Gasteiger partial charge in [0, 0.05) is 37.3 Å². The topological polar surface area (TPSA) is 33.1 Å². The van der Waals surface area contributed by atoms with Crippen molar-refractivity contribution in [1.29, 1.82) is 0 Å². The summed E-state index contributed by atoms with van der Waals surface area (Å²) in [5, 5.41) is 9.16. The first-order valence-corrected chi connectivity index (χ1v) is 7.82. The summed E-state index contributed by atoms with van der Waals surface area (Å²) in [6.07, 6.45) is 1.94. The molecule has 4 heteroatoms. The van der Waals surface area contributed by atoms with Crippen molar-refractivity contribution in [2.75, 3.05) is 31.1 Å². The van der Waals surface area contributed by atoms with Crippen molar-refractivity contribution in [3.8, 4) is 5.69 Å². The molecule has 112 valence electrons. The van der Waals surface area contributed by atoms with Gasteiger partial charge in [-0.2, -0.15) is 5.10 Å². The SMILES string of the molecule is Cc1cccc(-n2ncc3ccc(N4CCNCC4)cc32)c1. The molecule has 1 N–H and O–H groups in total. The summed E-state index contributed by atoms with van der Waals surface area (Å²) >= 11 is 0. The van der Waals surface area contributed by atoms with E-state index in [1.165, 1.54) is 22.2 Å². The third kappa shape index (κ3) is 2.35. The van der Waals surface area contributed by atoms with Crippen molar-refractivity contribution < 1.29 is 0 Å². The van der Waals surface area contributed by atoms with E-state index in [0.29, 0.717) is 0 Å². The quantitative estimate of drug-likeness (QED) is 0.788. The Kier molecular flexibility index (Phi) is 3.31. The van der Waals surface area contributed by atoms with Gasteiger partial charge in [0.15, 0.2) is 0 Å². The molecule has 1 aliphatic heterocycles. The van der Waals surface area contributed by atoms with Crippen LogP contribution in [-0.2, 0) is 0 Å². The minimum atomic E-state index is 1.05. The Labute approximate surface area is 130 Å². The largest absolute Gasteiger partial charge is 0.369 e. The highest BCUT2D eigenvalue weighted by Crippen LogP contribution is 2.25. The van der Waals surface area contributed by atoms with Crippen LogP contribution in [-0.4, -0.2) is 36.0 Å². The monoisotopic (exact) mass is 292 g/mol. The Hall–Kier alpha value is -2.33. The molecule has 3 aromatic rings. The van der Waals surface area contributed by atoms with Crippen LogP contribution in [0.25, 0.3) is 16.6 Å². The molecule has 2 heterocycles. The maximum absolute atomic E-state index is 4.58. The van der Waals surface area contributed by atoms with Gasteiger partial charge in [0.05, 0.1) is 17.4 Å². The minimum absolute atomic E-state index is 1.05. The van der Waals surface area contributed by atoms with E-state index in [-0.39, 0.29) is 0 Å². The van der Waals surface area contributed by atoms with Crippen LogP contribution in [0.3, 0.4) is 0 Å². The molecule has 1 saturated heterocycles. The number of rotatable bonds is 2. The molecule has 0 spiro atoms. The zero-order valence-corrected chi connectivity index (χ0v) is 12.8. The Morgan fingerprint density at radius 2 is 1.86 bits per heavy atom. The molecule has 0 radical (unpaired) electrons. The molecule has 0 bridgehead atoms. The van der Waals surface area contributed by atoms with E-state index in [1.807, 2.05) is 10.9 Å². The van der Waals surface area contributed by atoms with Gasteiger partial charge >= 0.3 is 0 Å². The number of fused-ring (bicyclic) bond motifs is 1. The summed E-state index contributed by atoms with van der Waals surface area (Å²) in [6.45, 7) is 6.33. The summed E-state index contributed by atoms with van der Waals surface area (Å²) in [7, 11) is 0. The first kappa shape index (κ1) is 13.3. The molecule has 1 aromatic heterocycles. The fraction of sp³-hybridized carbons (Fsp3) is 0.278. The van der Waals surface area contributed by atoms with E-state index >= 15 is 0 Å². The number of nitrogens with zero attached hydrogens (tertiary/aromatic N) is 3. The Morgan fingerprint density at radius 3 is 2.68 bits per heavy atom. The van der Waals surface area contributed by atoms with Crippen LogP contribution in [0.4, 0.5) is 5.69 Å². The Morgan fingerprint density at radius 1 is 1.00 bits per heavy atom. The number of anilines is 1. The van der Waals surface area contributed by atoms with Crippen LogP contribution in [0.2, 0.25) is 0 Å². The average Bonchev–Trinajstić information content (AvgIpc) is 2.99. The molecule has 4 nitrogen and oxygen atoms in total. The lowest BCUT2D eigenvalue weighted by molar-refractivity contribution is 0.589. The van der Waals surface area contributed by atoms with E-state index < -0.39 is 0 Å². The maximum atomic E-state index is 4.58. The maximum Gasteiger partial charge on any atom is 0.0761 e. The molecule has 0 amide bonds. The first-order chi connectivity index (χ1) is 10.8. The molecule has 1 aliphatic rings. The highest BCUT2D eigenvalue weighted by Gasteiger charge is 2.12. The smallest absolute Gasteiger partial charge is 0.0761 e. The van der Waals surface area contributed by atoms with E-state index in [9.17, 15) is 0 Å². The molecule has 0 unspecified atom stereocenters. The number of hydrogen-bond donors (Lipinski definition) is 1. The van der Waals surface area contributed by atoms with E-state index in [1.54, 1.807) is 0 Å². The fourth-order valence-electron chi connectivity index (χ4n) is 3.09. The first-order valence-electron chi connectivity index (χ1n) is 7.82. The molecular formula is C18H20N4. The van der Waals surface area contributed by atoms with Gasteiger partial charge in [-0.15, -0.1) is 0 Å². The predicted octanol–water partition coefficient (Wildman–Crippen LogP) is 2.74. The number of hydrogen-bond acceptors (Lipinski definition) is 3. The van der Waals surface area contributed by atoms with E-state index in [4.69, 9.17) is 0 Å². The van der Waals surface area contributed by atoms with Gasteiger partial charge in [0.1, 0.15) is 0 Å². The van der Waals surface area contributed by atoms with E-state index in [2.05, 4.69) is 64.7 Å². The van der Waals surface area contributed by atoms with Gasteiger partial charge in [-0.05, 0) is 42.8 Å². The zero-order chi connectivity index (χ0) is 14.9. The van der Waals surface area contributed by atoms with Crippen molar-refractivity contribution in [2.45, 2.75) is 6.92 Å². The highest BCUT2D eigenvalue weighted by atomic mass is 15.3. The van der Waals surface area contributed by atoms with Crippen molar-refractivity contribution >= 4 is 16.6 Å². The van der Waals surface area contributed by atoms with Crippen molar-refractivity contribution in [2.24, 2.45) is 0 Å². The third-order valence-corrected chi connectivity index (χ3v) is 4.28. The molecule has 0 aliphatic carbocycles. The summed E-state index contributed by atoms with van der Waals surface area (Å²) in [5.41, 5.74) is 4.82. The Balaban J connectivity index is 1.79. The summed E-state index contributed by atoms with van der Waals surface area (Å²) < 4.78 is 2.04. The second-order valence-electron chi connectivity index (χ2n) is 5.88. The second kappa shape index (κ2) is 5.46. The van der Waals surface area contributed by atoms with Gasteiger partial charge < -0.3 is 10.2 Å². The number of nitrogens with one attached hydrogen (secondary N) is 1. The van der Waals surface area contributed by atoms with Gasteiger partial charge in [-0.3, -0.25) is 0 Å². The van der Waals surface area contributed by atoms with Crippen LogP contribution in [0, 0.1) is 6.92 Å². The van der Waals surface area contributed by atoms with Crippen molar-refractivity contribution in [3.05, 3.63) is 54.2 Å². The van der Waals surface area contributed by atoms with Gasteiger partial charge in [0.25, 0.3) is 0 Å². The number of aromatic nitrogens is 2. The van der Waals surface area contributed by atoms with Crippen LogP contribution >= 0.6 is 0 Å². The summed E-state index contributed by atoms with van der Waals surface area (Å²) in [6, 6.07) is 15.1. The van der Waals surface area contributed by atoms with Gasteiger partial charge in [-0.1, -0.05) is 12.1 Å². The molecule has 4 rings (SSSR count). The average molecular weight is 292 g/mol. The van der Waals surface area contributed by atoms with Crippen molar-refractivity contribution in [1.82, 2.24) is 15.1 Å². The zero-order valence-electron chi connectivity index (χ0n) is 12.8. The molecule has 22 heavy (non-hydrogen) atoms. The fourth-order valence-corrected chi connectivity index (χ4v) is 3.09. The summed E-state index contributed by atoms with van der Waals surface area (Å²) in [5.74, 6) is 0. The minimum Gasteiger partial charge on any atom is -0.369 e. The third-order valence-electron chi connectivity index (χ3n) is 4.28. The van der Waals surface area contributed by atoms with E-state index in [0.717, 1.165) is 31.9 Å². The lowest BCUT2D eigenvalue weighted by Crippen LogP contribution is -2.43. The number of aryl methyl sites for hydroxylation is 1. The Bertz CT molecular complexity index is 800. The lowest BCUT2D eigenvalue weighted by atomic mass is 10.2. The lowest BCUT2D eigenvalue weighted by Gasteiger charge is -2.29. The van der Waals surface area contributed by atoms with Crippen molar-refractivity contribution in [3.63, 3.8) is 0 Å². The summed E-state index contributed by atoms with van der Waals surface area (Å²) in [4.78, 5) is 2.43. The molecule has 2 aromatic carbocycles. The molecule has 1 fully saturated rings. The standard InChI is InChI=1S/C18H20N4/c1-14-3-2-4-17(11-14)22-18-12-16(6-5-15(18)13-20-22)21-9-7-19-8-10-21/h2-6,11-13,19H,7-10H2,1H3. The molecular weight excluding hydrogens is 272 g/mol. The number of benzene rings is 2. The van der Waals surface area contributed by atoms with Crippen LogP contribution < -0.4 is 10.2 Å². The van der Waals surface area contributed by atoms with Crippen LogP contribution in [0.5, 0.6) is 0 Å². The van der Waals surface area contributed by atoms with Gasteiger partial charge in [0.2, 0.25) is 0 Å². The van der Waals surface area contributed by atoms with Gasteiger partial charge in [-0.25, -0.2) is 4.68 Å². The number of piperazine rings is 1. The van der Waals surface area contributed by atoms with Crippen LogP contribution in [0.15, 0.2) is 48.7 Å². The highest BCUT2D eigenvalue weighted by molar-refractivity contribution is 5.84. The second-order valence-corrected chi connectivity index (χ2v) is 5.88.